The van der Waals surface area contributed by atoms with Crippen molar-refractivity contribution in [1.82, 2.24) is 14.8 Å². The van der Waals surface area contributed by atoms with Crippen LogP contribution in [-0.4, -0.2) is 21.9 Å². The van der Waals surface area contributed by atoms with Crippen LogP contribution in [0.1, 0.15) is 20.8 Å². The summed E-state index contributed by atoms with van der Waals surface area (Å²) >= 11 is 6.16. The van der Waals surface area contributed by atoms with Crippen molar-refractivity contribution in [2.75, 3.05) is 7.11 Å². The van der Waals surface area contributed by atoms with Crippen molar-refractivity contribution in [1.29, 1.82) is 0 Å². The summed E-state index contributed by atoms with van der Waals surface area (Å²) in [6.07, 6.45) is 3.79. The second kappa shape index (κ2) is 5.21. The molecule has 2 rings (SSSR count). The number of pyridine rings is 1. The van der Waals surface area contributed by atoms with Gasteiger partial charge in [-0.05, 0) is 11.5 Å². The highest BCUT2D eigenvalue weighted by atomic mass is 35.5. The Morgan fingerprint density at radius 1 is 1.32 bits per heavy atom. The van der Waals surface area contributed by atoms with Crippen LogP contribution in [0.2, 0.25) is 5.15 Å². The lowest BCUT2D eigenvalue weighted by Crippen LogP contribution is -2.15. The molecule has 0 aromatic carbocycles. The van der Waals surface area contributed by atoms with Crippen LogP contribution < -0.4 is 4.74 Å². The predicted molar refractivity (Wildman–Crippen MR) is 76.5 cm³/mol. The van der Waals surface area contributed by atoms with Crippen LogP contribution in [0.5, 0.6) is 5.88 Å². The summed E-state index contributed by atoms with van der Waals surface area (Å²) in [7, 11) is 1.57. The molecule has 2 heterocycles. The minimum atomic E-state index is 0.186. The van der Waals surface area contributed by atoms with Gasteiger partial charge in [-0.3, -0.25) is 4.68 Å². The molecular weight excluding hydrogens is 262 g/mol. The number of hydrogen-bond donors (Lipinski definition) is 0. The van der Waals surface area contributed by atoms with E-state index in [1.807, 2.05) is 16.9 Å². The molecule has 102 valence electrons. The van der Waals surface area contributed by atoms with E-state index in [1.165, 1.54) is 0 Å². The highest BCUT2D eigenvalue weighted by Crippen LogP contribution is 2.28. The molecule has 0 saturated carbocycles. The Bertz CT molecular complexity index is 572. The molecule has 0 spiro atoms. The molecule has 2 aromatic heterocycles. The molecule has 0 unspecified atom stereocenters. The van der Waals surface area contributed by atoms with E-state index in [2.05, 4.69) is 30.9 Å². The maximum atomic E-state index is 6.16. The van der Waals surface area contributed by atoms with Gasteiger partial charge in [0.2, 0.25) is 5.88 Å². The Hall–Kier alpha value is -1.55. The van der Waals surface area contributed by atoms with E-state index in [0.29, 0.717) is 11.0 Å². The van der Waals surface area contributed by atoms with Crippen LogP contribution in [0, 0.1) is 5.41 Å². The molecule has 0 N–H and O–H groups in total. The quantitative estimate of drug-likeness (QED) is 0.805. The fourth-order valence-corrected chi connectivity index (χ4v) is 2.08. The number of rotatable bonds is 3. The second-order valence-electron chi connectivity index (χ2n) is 5.68. The molecule has 2 aromatic rings. The SMILES string of the molecule is COc1ccc(-c2cnn(CC(C)(C)C)c2)c(Cl)n1. The first kappa shape index (κ1) is 13.9. The first-order chi connectivity index (χ1) is 8.89. The van der Waals surface area contributed by atoms with Gasteiger partial charge in [-0.2, -0.15) is 5.10 Å². The van der Waals surface area contributed by atoms with Crippen molar-refractivity contribution in [3.63, 3.8) is 0 Å². The molecule has 0 aliphatic carbocycles. The zero-order valence-electron chi connectivity index (χ0n) is 11.6. The predicted octanol–water partition coefficient (Wildman–Crippen LogP) is 3.65. The van der Waals surface area contributed by atoms with E-state index in [9.17, 15) is 0 Å². The zero-order valence-corrected chi connectivity index (χ0v) is 12.4. The summed E-state index contributed by atoms with van der Waals surface area (Å²) in [6, 6.07) is 3.69. The summed E-state index contributed by atoms with van der Waals surface area (Å²) in [5.74, 6) is 0.510. The first-order valence-corrected chi connectivity index (χ1v) is 6.50. The maximum Gasteiger partial charge on any atom is 0.214 e. The Labute approximate surface area is 118 Å². The van der Waals surface area contributed by atoms with Crippen LogP contribution in [-0.2, 0) is 6.54 Å². The van der Waals surface area contributed by atoms with E-state index in [0.717, 1.165) is 17.7 Å². The van der Waals surface area contributed by atoms with Crippen molar-refractivity contribution in [2.24, 2.45) is 5.41 Å². The molecule has 0 amide bonds. The minimum absolute atomic E-state index is 0.186. The summed E-state index contributed by atoms with van der Waals surface area (Å²) in [5.41, 5.74) is 2.01. The van der Waals surface area contributed by atoms with Gasteiger partial charge in [0.1, 0.15) is 5.15 Å². The van der Waals surface area contributed by atoms with Crippen molar-refractivity contribution < 1.29 is 4.74 Å². The lowest BCUT2D eigenvalue weighted by atomic mass is 9.97. The third-order valence-electron chi connectivity index (χ3n) is 2.61. The van der Waals surface area contributed by atoms with Crippen molar-refractivity contribution in [3.8, 4) is 17.0 Å². The van der Waals surface area contributed by atoms with Gasteiger partial charge < -0.3 is 4.74 Å². The molecule has 0 radical (unpaired) electrons. The van der Waals surface area contributed by atoms with Gasteiger partial charge in [-0.15, -0.1) is 0 Å². The van der Waals surface area contributed by atoms with E-state index in [1.54, 1.807) is 19.4 Å². The van der Waals surface area contributed by atoms with Gasteiger partial charge in [0.15, 0.2) is 0 Å². The van der Waals surface area contributed by atoms with E-state index in [-0.39, 0.29) is 5.41 Å². The largest absolute Gasteiger partial charge is 0.481 e. The average molecular weight is 280 g/mol. The Morgan fingerprint density at radius 3 is 2.63 bits per heavy atom. The van der Waals surface area contributed by atoms with Gasteiger partial charge in [0, 0.05) is 29.9 Å². The summed E-state index contributed by atoms with van der Waals surface area (Å²) < 4.78 is 6.97. The smallest absolute Gasteiger partial charge is 0.214 e. The Balaban J connectivity index is 2.28. The number of nitrogens with zero attached hydrogens (tertiary/aromatic N) is 3. The van der Waals surface area contributed by atoms with Crippen molar-refractivity contribution in [2.45, 2.75) is 27.3 Å². The minimum Gasteiger partial charge on any atom is -0.481 e. The standard InChI is InChI=1S/C14H18ClN3O/c1-14(2,3)9-18-8-10(7-16-18)11-5-6-12(19-4)17-13(11)15/h5-8H,9H2,1-4H3. The second-order valence-corrected chi connectivity index (χ2v) is 6.04. The molecule has 0 aliphatic rings. The molecule has 0 saturated heterocycles. The number of aromatic nitrogens is 3. The molecule has 0 fully saturated rings. The molecule has 0 bridgehead atoms. The lowest BCUT2D eigenvalue weighted by Gasteiger charge is -2.17. The zero-order chi connectivity index (χ0) is 14.0. The van der Waals surface area contributed by atoms with Crippen LogP contribution in [0.25, 0.3) is 11.1 Å². The summed E-state index contributed by atoms with van der Waals surface area (Å²) in [5, 5.41) is 4.79. The fraction of sp³-hybridized carbons (Fsp3) is 0.429. The van der Waals surface area contributed by atoms with E-state index >= 15 is 0 Å². The lowest BCUT2D eigenvalue weighted by molar-refractivity contribution is 0.325. The Morgan fingerprint density at radius 2 is 2.05 bits per heavy atom. The normalized spacial score (nSPS) is 11.6. The van der Waals surface area contributed by atoms with Crippen LogP contribution in [0.4, 0.5) is 0 Å². The third kappa shape index (κ3) is 3.47. The van der Waals surface area contributed by atoms with Crippen LogP contribution in [0.15, 0.2) is 24.5 Å². The summed E-state index contributed by atoms with van der Waals surface area (Å²) in [6.45, 7) is 7.39. The molecule has 0 aliphatic heterocycles. The molecular formula is C14H18ClN3O. The fourth-order valence-electron chi connectivity index (χ4n) is 1.82. The monoisotopic (exact) mass is 279 g/mol. The molecule has 19 heavy (non-hydrogen) atoms. The molecule has 4 nitrogen and oxygen atoms in total. The van der Waals surface area contributed by atoms with Gasteiger partial charge in [-0.25, -0.2) is 4.98 Å². The van der Waals surface area contributed by atoms with Gasteiger partial charge >= 0.3 is 0 Å². The average Bonchev–Trinajstić information content (AvgIpc) is 2.74. The van der Waals surface area contributed by atoms with Gasteiger partial charge in [0.25, 0.3) is 0 Å². The highest BCUT2D eigenvalue weighted by Gasteiger charge is 2.13. The van der Waals surface area contributed by atoms with Crippen LogP contribution in [0.3, 0.4) is 0 Å². The molecule has 0 atom stereocenters. The number of halogens is 1. The topological polar surface area (TPSA) is 39.9 Å². The number of ether oxygens (including phenoxy) is 1. The highest BCUT2D eigenvalue weighted by molar-refractivity contribution is 6.32. The van der Waals surface area contributed by atoms with E-state index < -0.39 is 0 Å². The Kier molecular flexibility index (Phi) is 3.80. The van der Waals surface area contributed by atoms with Gasteiger partial charge in [0.05, 0.1) is 13.3 Å². The number of hydrogen-bond acceptors (Lipinski definition) is 3. The van der Waals surface area contributed by atoms with Crippen LogP contribution >= 0.6 is 11.6 Å². The summed E-state index contributed by atoms with van der Waals surface area (Å²) in [4.78, 5) is 4.16. The van der Waals surface area contributed by atoms with Crippen molar-refractivity contribution in [3.05, 3.63) is 29.7 Å². The third-order valence-corrected chi connectivity index (χ3v) is 2.90. The van der Waals surface area contributed by atoms with Gasteiger partial charge in [-0.1, -0.05) is 32.4 Å². The maximum absolute atomic E-state index is 6.16. The molecule has 5 heteroatoms. The van der Waals surface area contributed by atoms with E-state index in [4.69, 9.17) is 16.3 Å². The van der Waals surface area contributed by atoms with Crippen molar-refractivity contribution >= 4 is 11.6 Å². The first-order valence-electron chi connectivity index (χ1n) is 6.12. The number of methoxy groups -OCH3 is 1.